The average molecular weight is 357 g/mol. The van der Waals surface area contributed by atoms with Crippen molar-refractivity contribution in [2.24, 2.45) is 28.6 Å². The van der Waals surface area contributed by atoms with Gasteiger partial charge in [0, 0.05) is 11.0 Å². The first-order valence-corrected chi connectivity index (χ1v) is 10.4. The number of allylic oxidation sites excluding steroid dienone is 4. The van der Waals surface area contributed by atoms with Crippen LogP contribution < -0.4 is 0 Å². The van der Waals surface area contributed by atoms with Gasteiger partial charge in [0.1, 0.15) is 0 Å². The molecule has 26 heavy (non-hydrogen) atoms. The van der Waals surface area contributed by atoms with E-state index >= 15 is 0 Å². The Hall–Kier alpha value is -1.31. The van der Waals surface area contributed by atoms with Gasteiger partial charge in [-0.2, -0.15) is 0 Å². The molecule has 1 saturated carbocycles. The summed E-state index contributed by atoms with van der Waals surface area (Å²) in [5.41, 5.74) is 4.09. The lowest BCUT2D eigenvalue weighted by Gasteiger charge is -2.58. The standard InChI is InChI=1S/C24H36O2/c1-16(2)18-8-10-20-19(14-18)9-11-21-23(5,12-7-13-24(20,21)6)15-26-22(25)17(3)4/h9,14,16,20-21H,3,7-8,10-13,15H2,1-2,4-6H3/t20-,21?,23-,24-/m1/s1. The molecule has 0 aromatic rings. The molecule has 4 atom stereocenters. The van der Waals surface area contributed by atoms with E-state index < -0.39 is 0 Å². The Bertz CT molecular complexity index is 653. The second-order valence-electron chi connectivity index (χ2n) is 9.83. The first-order valence-electron chi connectivity index (χ1n) is 10.4. The summed E-state index contributed by atoms with van der Waals surface area (Å²) in [4.78, 5) is 12.0. The predicted molar refractivity (Wildman–Crippen MR) is 108 cm³/mol. The van der Waals surface area contributed by atoms with Gasteiger partial charge < -0.3 is 4.74 Å². The van der Waals surface area contributed by atoms with E-state index in [0.29, 0.717) is 35.3 Å². The van der Waals surface area contributed by atoms with Crippen LogP contribution in [-0.4, -0.2) is 12.6 Å². The van der Waals surface area contributed by atoms with Crippen LogP contribution in [-0.2, 0) is 9.53 Å². The van der Waals surface area contributed by atoms with Gasteiger partial charge in [0.2, 0.25) is 0 Å². The lowest BCUT2D eigenvalue weighted by atomic mass is 9.47. The van der Waals surface area contributed by atoms with Crippen molar-refractivity contribution in [1.82, 2.24) is 0 Å². The number of ether oxygens (including phenoxy) is 1. The summed E-state index contributed by atoms with van der Waals surface area (Å²) >= 11 is 0. The van der Waals surface area contributed by atoms with E-state index in [1.807, 2.05) is 0 Å². The summed E-state index contributed by atoms with van der Waals surface area (Å²) in [6.07, 6.45) is 12.3. The fourth-order valence-corrected chi connectivity index (χ4v) is 6.00. The number of hydrogen-bond donors (Lipinski definition) is 0. The highest BCUT2D eigenvalue weighted by atomic mass is 16.5. The zero-order valence-corrected chi connectivity index (χ0v) is 17.4. The summed E-state index contributed by atoms with van der Waals surface area (Å²) < 4.78 is 5.65. The van der Waals surface area contributed by atoms with Crippen molar-refractivity contribution in [3.8, 4) is 0 Å². The van der Waals surface area contributed by atoms with Crippen molar-refractivity contribution >= 4 is 5.97 Å². The van der Waals surface area contributed by atoms with Crippen molar-refractivity contribution in [2.75, 3.05) is 6.61 Å². The number of esters is 1. The van der Waals surface area contributed by atoms with E-state index in [2.05, 4.69) is 46.4 Å². The molecule has 144 valence electrons. The fourth-order valence-electron chi connectivity index (χ4n) is 6.00. The van der Waals surface area contributed by atoms with Gasteiger partial charge in [0.05, 0.1) is 6.61 Å². The molecular formula is C24H36O2. The second kappa shape index (κ2) is 7.02. The van der Waals surface area contributed by atoms with Crippen molar-refractivity contribution < 1.29 is 9.53 Å². The highest BCUT2D eigenvalue weighted by molar-refractivity contribution is 5.86. The van der Waals surface area contributed by atoms with Gasteiger partial charge in [-0.25, -0.2) is 4.79 Å². The Morgan fingerprint density at radius 2 is 2.08 bits per heavy atom. The van der Waals surface area contributed by atoms with Crippen molar-refractivity contribution in [3.05, 3.63) is 35.5 Å². The van der Waals surface area contributed by atoms with Crippen molar-refractivity contribution in [2.45, 2.75) is 73.1 Å². The number of carbonyl (C=O) groups excluding carboxylic acids is 1. The highest BCUT2D eigenvalue weighted by Gasteiger charge is 2.54. The molecule has 0 aromatic carbocycles. The van der Waals surface area contributed by atoms with Gasteiger partial charge in [-0.1, -0.05) is 58.4 Å². The highest BCUT2D eigenvalue weighted by Crippen LogP contribution is 2.62. The number of hydrogen-bond acceptors (Lipinski definition) is 2. The van der Waals surface area contributed by atoms with Crippen LogP contribution in [0.2, 0.25) is 0 Å². The molecular weight excluding hydrogens is 320 g/mol. The zero-order chi connectivity index (χ0) is 19.1. The molecule has 0 saturated heterocycles. The second-order valence-corrected chi connectivity index (χ2v) is 9.83. The molecule has 3 aliphatic carbocycles. The van der Waals surface area contributed by atoms with Gasteiger partial charge >= 0.3 is 5.97 Å². The lowest BCUT2D eigenvalue weighted by Crippen LogP contribution is -2.51. The van der Waals surface area contributed by atoms with Crippen LogP contribution in [0.3, 0.4) is 0 Å². The SMILES string of the molecule is C=C(C)C(=O)OC[C@@]1(C)CCC[C@@]2(C)C1CC=C1C=C(C(C)C)CC[C@H]12. The summed E-state index contributed by atoms with van der Waals surface area (Å²) in [7, 11) is 0. The van der Waals surface area contributed by atoms with Crippen LogP contribution >= 0.6 is 0 Å². The molecule has 3 aliphatic rings. The molecule has 2 heteroatoms. The number of carbonyl (C=O) groups is 1. The van der Waals surface area contributed by atoms with Crippen LogP contribution in [0.5, 0.6) is 0 Å². The molecule has 0 aliphatic heterocycles. The molecule has 1 unspecified atom stereocenters. The van der Waals surface area contributed by atoms with E-state index in [4.69, 9.17) is 4.74 Å². The monoisotopic (exact) mass is 356 g/mol. The Balaban J connectivity index is 1.85. The topological polar surface area (TPSA) is 26.3 Å². The molecule has 0 amide bonds. The predicted octanol–water partition coefficient (Wildman–Crippen LogP) is 6.24. The van der Waals surface area contributed by atoms with Gasteiger partial charge in [0.25, 0.3) is 0 Å². The molecule has 1 fully saturated rings. The quantitative estimate of drug-likeness (QED) is 0.440. The van der Waals surface area contributed by atoms with Crippen LogP contribution in [0.25, 0.3) is 0 Å². The van der Waals surface area contributed by atoms with Gasteiger partial charge in [0.15, 0.2) is 0 Å². The summed E-state index contributed by atoms with van der Waals surface area (Å²) in [6, 6.07) is 0. The van der Waals surface area contributed by atoms with Crippen LogP contribution in [0.15, 0.2) is 35.5 Å². The molecule has 0 aromatic heterocycles. The first kappa shape index (κ1) is 19.5. The van der Waals surface area contributed by atoms with E-state index in [0.717, 1.165) is 12.8 Å². The largest absolute Gasteiger partial charge is 0.462 e. The molecule has 2 nitrogen and oxygen atoms in total. The third-order valence-electron chi connectivity index (χ3n) is 7.59. The number of fused-ring (bicyclic) bond motifs is 3. The third kappa shape index (κ3) is 3.32. The lowest BCUT2D eigenvalue weighted by molar-refractivity contribution is -0.149. The molecule has 0 spiro atoms. The summed E-state index contributed by atoms with van der Waals surface area (Å²) in [5, 5.41) is 0. The van der Waals surface area contributed by atoms with Crippen molar-refractivity contribution in [3.63, 3.8) is 0 Å². The van der Waals surface area contributed by atoms with Crippen LogP contribution in [0.1, 0.15) is 73.1 Å². The molecule has 3 rings (SSSR count). The molecule has 0 bridgehead atoms. The third-order valence-corrected chi connectivity index (χ3v) is 7.59. The maximum Gasteiger partial charge on any atom is 0.333 e. The normalized spacial score (nSPS) is 36.5. The fraction of sp³-hybridized carbons (Fsp3) is 0.708. The average Bonchev–Trinajstić information content (AvgIpc) is 2.59. The maximum absolute atomic E-state index is 12.0. The minimum atomic E-state index is -0.243. The molecule has 0 heterocycles. The molecule has 0 N–H and O–H groups in total. The van der Waals surface area contributed by atoms with Crippen molar-refractivity contribution in [1.29, 1.82) is 0 Å². The molecule has 0 radical (unpaired) electrons. The van der Waals surface area contributed by atoms with E-state index in [1.54, 1.807) is 18.1 Å². The smallest absolute Gasteiger partial charge is 0.333 e. The van der Waals surface area contributed by atoms with E-state index in [-0.39, 0.29) is 11.4 Å². The zero-order valence-electron chi connectivity index (χ0n) is 17.4. The maximum atomic E-state index is 12.0. The summed E-state index contributed by atoms with van der Waals surface area (Å²) in [5.74, 6) is 1.66. The summed E-state index contributed by atoms with van der Waals surface area (Å²) in [6.45, 7) is 15.5. The Kier molecular flexibility index (Phi) is 5.25. The minimum absolute atomic E-state index is 0.0716. The first-order chi connectivity index (χ1) is 12.2. The van der Waals surface area contributed by atoms with Gasteiger partial charge in [-0.3, -0.25) is 0 Å². The minimum Gasteiger partial charge on any atom is -0.462 e. The van der Waals surface area contributed by atoms with Crippen LogP contribution in [0.4, 0.5) is 0 Å². The van der Waals surface area contributed by atoms with Crippen LogP contribution in [0, 0.1) is 28.6 Å². The van der Waals surface area contributed by atoms with E-state index in [1.165, 1.54) is 25.7 Å². The van der Waals surface area contributed by atoms with Gasteiger partial charge in [-0.15, -0.1) is 0 Å². The Labute approximate surface area is 159 Å². The Morgan fingerprint density at radius 1 is 1.35 bits per heavy atom. The Morgan fingerprint density at radius 3 is 2.73 bits per heavy atom. The number of rotatable bonds is 4. The van der Waals surface area contributed by atoms with Gasteiger partial charge in [-0.05, 0) is 67.8 Å². The van der Waals surface area contributed by atoms with E-state index in [9.17, 15) is 4.79 Å².